The van der Waals surface area contributed by atoms with Crippen LogP contribution >= 0.6 is 0 Å². The normalized spacial score (nSPS) is 10.8. The molecule has 0 aliphatic rings. The monoisotopic (exact) mass is 362 g/mol. The van der Waals surface area contributed by atoms with Gasteiger partial charge in [0.15, 0.2) is 29.1 Å². The molecule has 0 saturated heterocycles. The van der Waals surface area contributed by atoms with Crippen molar-refractivity contribution >= 4 is 11.8 Å². The molecule has 0 unspecified atom stereocenters. The van der Waals surface area contributed by atoms with Crippen LogP contribution in [0.15, 0.2) is 12.3 Å². The minimum atomic E-state index is -2.22. The lowest BCUT2D eigenvalue weighted by molar-refractivity contribution is 0.252. The second-order valence-corrected chi connectivity index (χ2v) is 5.18. The number of unbranched alkanes of at least 4 members (excludes halogenated alkanes) is 1. The highest BCUT2D eigenvalue weighted by atomic mass is 19.2. The van der Waals surface area contributed by atoms with E-state index in [9.17, 15) is 26.7 Å². The van der Waals surface area contributed by atoms with Gasteiger partial charge in [0.2, 0.25) is 5.82 Å². The van der Waals surface area contributed by atoms with Gasteiger partial charge in [0.05, 0.1) is 12.1 Å². The summed E-state index contributed by atoms with van der Waals surface area (Å²) in [5.41, 5.74) is -1.02. The average Bonchev–Trinajstić information content (AvgIpc) is 3.02. The van der Waals surface area contributed by atoms with Gasteiger partial charge in [-0.1, -0.05) is 13.3 Å². The van der Waals surface area contributed by atoms with Gasteiger partial charge in [-0.05, 0) is 6.42 Å². The van der Waals surface area contributed by atoms with Crippen molar-refractivity contribution in [1.29, 1.82) is 0 Å². The lowest BCUT2D eigenvalue weighted by atomic mass is 10.1. The summed E-state index contributed by atoms with van der Waals surface area (Å²) in [6.07, 6.45) is 2.93. The molecule has 0 saturated carbocycles. The maximum Gasteiger partial charge on any atom is 0.320 e. The molecule has 2 rings (SSSR count). The average molecular weight is 362 g/mol. The summed E-state index contributed by atoms with van der Waals surface area (Å²) >= 11 is 0. The van der Waals surface area contributed by atoms with E-state index in [4.69, 9.17) is 0 Å². The predicted octanol–water partition coefficient (Wildman–Crippen LogP) is 3.55. The number of halogens is 5. The first kappa shape index (κ1) is 18.7. The third-order valence-corrected chi connectivity index (χ3v) is 3.32. The summed E-state index contributed by atoms with van der Waals surface area (Å²) in [6.45, 7) is 1.74. The number of hydrogen-bond acceptors (Lipinski definition) is 2. The van der Waals surface area contributed by atoms with E-state index in [2.05, 4.69) is 15.7 Å². The van der Waals surface area contributed by atoms with Crippen molar-refractivity contribution in [3.63, 3.8) is 0 Å². The van der Waals surface area contributed by atoms with Gasteiger partial charge in [0, 0.05) is 18.8 Å². The molecule has 0 atom stereocenters. The van der Waals surface area contributed by atoms with E-state index < -0.39 is 47.2 Å². The first-order valence-electron chi connectivity index (χ1n) is 7.43. The summed E-state index contributed by atoms with van der Waals surface area (Å²) in [6, 6.07) is 0.806. The van der Waals surface area contributed by atoms with Gasteiger partial charge in [-0.25, -0.2) is 26.7 Å². The number of carbonyl (C=O) groups excluding carboxylic acids is 1. The third kappa shape index (κ3) is 4.25. The van der Waals surface area contributed by atoms with E-state index in [-0.39, 0.29) is 5.82 Å². The molecular weight excluding hydrogens is 347 g/mol. The molecular formula is C15H15F5N4O. The fourth-order valence-electron chi connectivity index (χ4n) is 2.01. The highest BCUT2D eigenvalue weighted by Gasteiger charge is 2.25. The molecule has 2 N–H and O–H groups in total. The largest absolute Gasteiger partial charge is 0.338 e. The van der Waals surface area contributed by atoms with E-state index in [0.717, 1.165) is 17.5 Å². The SMILES string of the molecule is CCCCNC(=O)Nc1ccn(Cc2c(F)c(F)c(F)c(F)c2F)n1. The highest BCUT2D eigenvalue weighted by Crippen LogP contribution is 2.23. The highest BCUT2D eigenvalue weighted by molar-refractivity contribution is 5.88. The Balaban J connectivity index is 2.11. The Hall–Kier alpha value is -2.65. The Labute approximate surface area is 139 Å². The van der Waals surface area contributed by atoms with Gasteiger partial charge >= 0.3 is 6.03 Å². The van der Waals surface area contributed by atoms with Crippen molar-refractivity contribution in [3.8, 4) is 0 Å². The van der Waals surface area contributed by atoms with Gasteiger partial charge < -0.3 is 5.32 Å². The molecule has 0 fully saturated rings. The van der Waals surface area contributed by atoms with Gasteiger partial charge in [0.1, 0.15) is 0 Å². The van der Waals surface area contributed by atoms with E-state index in [1.54, 1.807) is 0 Å². The van der Waals surface area contributed by atoms with Gasteiger partial charge in [0.25, 0.3) is 0 Å². The molecule has 2 amide bonds. The Morgan fingerprint density at radius 3 is 2.28 bits per heavy atom. The molecule has 5 nitrogen and oxygen atoms in total. The number of urea groups is 1. The van der Waals surface area contributed by atoms with Crippen molar-refractivity contribution < 1.29 is 26.7 Å². The Morgan fingerprint density at radius 1 is 1.08 bits per heavy atom. The van der Waals surface area contributed by atoms with E-state index in [0.29, 0.717) is 6.54 Å². The molecule has 0 radical (unpaired) electrons. The number of aromatic nitrogens is 2. The summed E-state index contributed by atoms with van der Waals surface area (Å²) in [7, 11) is 0. The van der Waals surface area contributed by atoms with Crippen LogP contribution < -0.4 is 10.6 Å². The molecule has 1 aromatic heterocycles. The second kappa shape index (κ2) is 7.95. The van der Waals surface area contributed by atoms with Crippen molar-refractivity contribution in [2.45, 2.75) is 26.3 Å². The second-order valence-electron chi connectivity index (χ2n) is 5.18. The number of benzene rings is 1. The Kier molecular flexibility index (Phi) is 5.94. The van der Waals surface area contributed by atoms with Crippen LogP contribution in [0.25, 0.3) is 0 Å². The van der Waals surface area contributed by atoms with E-state index >= 15 is 0 Å². The van der Waals surface area contributed by atoms with E-state index in [1.807, 2.05) is 6.92 Å². The molecule has 0 spiro atoms. The first-order chi connectivity index (χ1) is 11.8. The molecule has 0 aliphatic heterocycles. The van der Waals surface area contributed by atoms with Crippen molar-refractivity contribution in [2.75, 3.05) is 11.9 Å². The number of nitrogens with zero attached hydrogens (tertiary/aromatic N) is 2. The maximum absolute atomic E-state index is 13.6. The minimum Gasteiger partial charge on any atom is -0.338 e. The molecule has 2 aromatic rings. The number of hydrogen-bond donors (Lipinski definition) is 2. The smallest absolute Gasteiger partial charge is 0.320 e. The Bertz CT molecular complexity index is 749. The molecule has 0 bridgehead atoms. The van der Waals surface area contributed by atoms with Crippen LogP contribution in [0.3, 0.4) is 0 Å². The van der Waals surface area contributed by atoms with Crippen LogP contribution in [0, 0.1) is 29.1 Å². The standard InChI is InChI=1S/C15H15F5N4O/c1-2-3-5-21-15(25)22-9-4-6-24(23-9)7-8-10(16)12(18)14(20)13(19)11(8)17/h4,6H,2-3,5,7H2,1H3,(H2,21,22,23,25). The number of carbonyl (C=O) groups is 1. The van der Waals surface area contributed by atoms with Crippen LogP contribution in [0.5, 0.6) is 0 Å². The zero-order valence-electron chi connectivity index (χ0n) is 13.2. The molecule has 1 aromatic carbocycles. The van der Waals surface area contributed by atoms with E-state index in [1.165, 1.54) is 12.3 Å². The van der Waals surface area contributed by atoms with Crippen LogP contribution in [0.1, 0.15) is 25.3 Å². The summed E-state index contributed by atoms with van der Waals surface area (Å²) in [4.78, 5) is 11.6. The number of anilines is 1. The maximum atomic E-state index is 13.6. The quantitative estimate of drug-likeness (QED) is 0.357. The summed E-state index contributed by atoms with van der Waals surface area (Å²) in [5.74, 6) is -10.0. The zero-order chi connectivity index (χ0) is 18.6. The lowest BCUT2D eigenvalue weighted by Crippen LogP contribution is -2.29. The van der Waals surface area contributed by atoms with Gasteiger partial charge in [-0.15, -0.1) is 0 Å². The van der Waals surface area contributed by atoms with Crippen LogP contribution in [-0.2, 0) is 6.54 Å². The van der Waals surface area contributed by atoms with Crippen molar-refractivity contribution in [2.24, 2.45) is 0 Å². The fraction of sp³-hybridized carbons (Fsp3) is 0.333. The minimum absolute atomic E-state index is 0.0675. The predicted molar refractivity (Wildman–Crippen MR) is 79.5 cm³/mol. The molecule has 1 heterocycles. The lowest BCUT2D eigenvalue weighted by Gasteiger charge is -2.08. The number of nitrogens with one attached hydrogen (secondary N) is 2. The van der Waals surface area contributed by atoms with Gasteiger partial charge in [-0.2, -0.15) is 5.10 Å². The van der Waals surface area contributed by atoms with Crippen molar-refractivity contribution in [3.05, 3.63) is 46.9 Å². The summed E-state index contributed by atoms with van der Waals surface area (Å²) in [5, 5.41) is 8.77. The number of rotatable bonds is 6. The van der Waals surface area contributed by atoms with Crippen molar-refractivity contribution in [1.82, 2.24) is 15.1 Å². The fourth-order valence-corrected chi connectivity index (χ4v) is 2.01. The zero-order valence-corrected chi connectivity index (χ0v) is 13.2. The topological polar surface area (TPSA) is 59.0 Å². The molecule has 25 heavy (non-hydrogen) atoms. The first-order valence-corrected chi connectivity index (χ1v) is 7.43. The van der Waals surface area contributed by atoms with Gasteiger partial charge in [-0.3, -0.25) is 10.00 Å². The molecule has 136 valence electrons. The van der Waals surface area contributed by atoms with Crippen LogP contribution in [0.4, 0.5) is 32.6 Å². The summed E-state index contributed by atoms with van der Waals surface area (Å²) < 4.78 is 67.6. The molecule has 10 heteroatoms. The number of amides is 2. The molecule has 0 aliphatic carbocycles. The third-order valence-electron chi connectivity index (χ3n) is 3.32. The van der Waals surface area contributed by atoms with Crippen LogP contribution in [0.2, 0.25) is 0 Å². The Morgan fingerprint density at radius 2 is 1.68 bits per heavy atom. The van der Waals surface area contributed by atoms with Crippen LogP contribution in [-0.4, -0.2) is 22.4 Å².